The first-order valence-electron chi connectivity index (χ1n) is 5.94. The van der Waals surface area contributed by atoms with Gasteiger partial charge in [0, 0.05) is 6.26 Å². The maximum atomic E-state index is 13.0. The van der Waals surface area contributed by atoms with Gasteiger partial charge in [0.2, 0.25) is 0 Å². The molecule has 0 saturated carbocycles. The van der Waals surface area contributed by atoms with Crippen LogP contribution in [0.5, 0.6) is 0 Å². The Hall–Kier alpha value is 1.20. The van der Waals surface area contributed by atoms with Crippen LogP contribution in [-0.4, -0.2) is 30.5 Å². The Morgan fingerprint density at radius 2 is 1.61 bits per heavy atom. The third kappa shape index (κ3) is 6.10. The molecule has 0 aromatic heterocycles. The van der Waals surface area contributed by atoms with Crippen molar-refractivity contribution in [3.63, 3.8) is 0 Å². The van der Waals surface area contributed by atoms with Gasteiger partial charge < -0.3 is 9.05 Å². The van der Waals surface area contributed by atoms with E-state index in [1.807, 2.05) is 40.2 Å². The molecule has 0 fully saturated rings. The monoisotopic (exact) mass is 332 g/mol. The Bertz CT molecular complexity index is 256. The topological polar surface area (TPSA) is 35.5 Å². The van der Waals surface area contributed by atoms with Gasteiger partial charge in [0.15, 0.2) is 0 Å². The second-order valence-corrected chi connectivity index (χ2v) is 11.8. The molecule has 0 aliphatic carbocycles. The highest BCUT2D eigenvalue weighted by Gasteiger charge is 2.37. The van der Waals surface area contributed by atoms with Crippen LogP contribution in [0, 0.1) is 4.32 Å². The summed E-state index contributed by atoms with van der Waals surface area (Å²) in [5, 5.41) is 0. The van der Waals surface area contributed by atoms with Crippen LogP contribution in [-0.2, 0) is 23.5 Å². The van der Waals surface area contributed by atoms with E-state index in [4.69, 9.17) is 9.05 Å². The minimum Gasteiger partial charge on any atom is -0.325 e. The van der Waals surface area contributed by atoms with E-state index in [1.54, 1.807) is 10.8 Å². The lowest BCUT2D eigenvalue weighted by Crippen LogP contribution is -2.17. The third-order valence-corrected chi connectivity index (χ3v) is 12.0. The van der Waals surface area contributed by atoms with Crippen LogP contribution in [0.2, 0.25) is 0 Å². The summed E-state index contributed by atoms with van der Waals surface area (Å²) in [6.07, 6.45) is 3.76. The van der Waals surface area contributed by atoms with Gasteiger partial charge in [0.25, 0.3) is 7.60 Å². The smallest absolute Gasteiger partial charge is 0.250 e. The Kier molecular flexibility index (Phi) is 9.81. The van der Waals surface area contributed by atoms with Crippen molar-refractivity contribution >= 4 is 40.1 Å². The van der Waals surface area contributed by atoms with Crippen molar-refractivity contribution < 1.29 is 13.6 Å². The fourth-order valence-electron chi connectivity index (χ4n) is 1.31. The highest BCUT2D eigenvalue weighted by Crippen LogP contribution is 2.67. The van der Waals surface area contributed by atoms with Crippen molar-refractivity contribution in [2.75, 3.05) is 18.3 Å². The molecule has 7 heteroatoms. The lowest BCUT2D eigenvalue weighted by Gasteiger charge is -2.36. The van der Waals surface area contributed by atoms with Crippen LogP contribution in [0.15, 0.2) is 0 Å². The van der Waals surface area contributed by atoms with Gasteiger partial charge in [-0.25, -0.2) is 0 Å². The predicted octanol–water partition coefficient (Wildman–Crippen LogP) is 4.76. The van der Waals surface area contributed by atoms with Crippen LogP contribution in [0.25, 0.3) is 0 Å². The van der Waals surface area contributed by atoms with E-state index in [-0.39, 0.29) is 22.1 Å². The normalized spacial score (nSPS) is 14.8. The zero-order valence-electron chi connectivity index (χ0n) is 12.3. The molecule has 3 nitrogen and oxygen atoms in total. The molecule has 0 saturated heterocycles. The molecule has 1 atom stereocenters. The molecule has 0 N–H and O–H groups in total. The van der Waals surface area contributed by atoms with E-state index in [0.717, 1.165) is 10.1 Å². The molecule has 0 aromatic rings. The van der Waals surface area contributed by atoms with E-state index < -0.39 is 7.60 Å². The quantitative estimate of drug-likeness (QED) is 0.263. The van der Waals surface area contributed by atoms with Crippen molar-refractivity contribution in [1.29, 1.82) is 0 Å². The summed E-state index contributed by atoms with van der Waals surface area (Å²) in [6.45, 7) is 9.65. The first kappa shape index (κ1) is 19.2. The van der Waals surface area contributed by atoms with Crippen LogP contribution >= 0.6 is 30.2 Å². The van der Waals surface area contributed by atoms with Gasteiger partial charge in [-0.05, 0) is 40.9 Å². The molecule has 1 unspecified atom stereocenters. The largest absolute Gasteiger partial charge is 0.325 e. The van der Waals surface area contributed by atoms with Crippen molar-refractivity contribution in [1.82, 2.24) is 0 Å². The summed E-state index contributed by atoms with van der Waals surface area (Å²) in [5.41, 5.74) is 0. The Morgan fingerprint density at radius 3 is 1.83 bits per heavy atom. The molecule has 0 radical (unpaired) electrons. The molecule has 0 aromatic carbocycles. The van der Waals surface area contributed by atoms with E-state index in [0.29, 0.717) is 0 Å². The SMILES string of the molecule is CC[S+](SC)[C-](SC)P(=O)(OC(C)C)OC(C)C. The molecule has 0 spiro atoms. The minimum absolute atomic E-state index is 0.0953. The average molecular weight is 332 g/mol. The molecule has 0 aliphatic rings. The lowest BCUT2D eigenvalue weighted by atomic mass is 10.5. The Labute approximate surface area is 123 Å². The van der Waals surface area contributed by atoms with Crippen molar-refractivity contribution in [2.24, 2.45) is 0 Å². The maximum absolute atomic E-state index is 13.0. The van der Waals surface area contributed by atoms with Crippen molar-refractivity contribution in [3.05, 3.63) is 4.32 Å². The molecule has 0 aliphatic heterocycles. The Morgan fingerprint density at radius 1 is 1.17 bits per heavy atom. The first-order chi connectivity index (χ1) is 8.30. The van der Waals surface area contributed by atoms with Gasteiger partial charge in [0.05, 0.1) is 33.1 Å². The van der Waals surface area contributed by atoms with Crippen molar-refractivity contribution in [3.8, 4) is 0 Å². The number of rotatable bonds is 9. The van der Waals surface area contributed by atoms with E-state index >= 15 is 0 Å². The molecule has 0 heterocycles. The van der Waals surface area contributed by atoms with Gasteiger partial charge in [-0.1, -0.05) is 9.93 Å². The van der Waals surface area contributed by atoms with Gasteiger partial charge in [0.1, 0.15) is 0 Å². The summed E-state index contributed by atoms with van der Waals surface area (Å²) < 4.78 is 25.2. The van der Waals surface area contributed by atoms with E-state index in [1.165, 1.54) is 11.8 Å². The maximum Gasteiger partial charge on any atom is 0.250 e. The standard InChI is InChI=1S/C11H25O3PS3/c1-8-18(17-7)11(16-6)15(12,13-9(2)3)14-10(4)5/h9-10H,8H2,1-7H3. The van der Waals surface area contributed by atoms with Gasteiger partial charge in [-0.15, -0.1) is 0 Å². The van der Waals surface area contributed by atoms with Gasteiger partial charge in [-0.2, -0.15) is 0 Å². The average Bonchev–Trinajstić information content (AvgIpc) is 2.22. The lowest BCUT2D eigenvalue weighted by molar-refractivity contribution is 0.147. The zero-order valence-corrected chi connectivity index (χ0v) is 15.6. The first-order valence-corrected chi connectivity index (χ1v) is 11.8. The van der Waals surface area contributed by atoms with E-state index in [2.05, 4.69) is 6.92 Å². The fourth-order valence-corrected chi connectivity index (χ4v) is 11.0. The zero-order chi connectivity index (χ0) is 14.3. The summed E-state index contributed by atoms with van der Waals surface area (Å²) in [5.74, 6) is 0.949. The Balaban J connectivity index is 5.17. The summed E-state index contributed by atoms with van der Waals surface area (Å²) in [7, 11) is -1.53. The number of hydrogen-bond donors (Lipinski definition) is 0. The summed E-state index contributed by atoms with van der Waals surface area (Å²) in [4.78, 5) is 0. The minimum atomic E-state index is -3.16. The molecule has 0 bridgehead atoms. The van der Waals surface area contributed by atoms with Crippen LogP contribution in [0.3, 0.4) is 0 Å². The van der Waals surface area contributed by atoms with Crippen LogP contribution in [0.1, 0.15) is 34.6 Å². The number of hydrogen-bond acceptors (Lipinski definition) is 5. The van der Waals surface area contributed by atoms with Crippen LogP contribution in [0.4, 0.5) is 0 Å². The number of thioether (sulfide) groups is 1. The van der Waals surface area contributed by atoms with Crippen LogP contribution < -0.4 is 0 Å². The molecule has 0 rings (SSSR count). The van der Waals surface area contributed by atoms with Gasteiger partial charge in [-0.3, -0.25) is 16.3 Å². The highest BCUT2D eigenvalue weighted by molar-refractivity contribution is 8.78. The predicted molar refractivity (Wildman–Crippen MR) is 88.2 cm³/mol. The second kappa shape index (κ2) is 9.19. The molecule has 110 valence electrons. The second-order valence-electron chi connectivity index (χ2n) is 4.08. The van der Waals surface area contributed by atoms with E-state index in [9.17, 15) is 4.57 Å². The third-order valence-electron chi connectivity index (χ3n) is 1.76. The molecule has 0 amide bonds. The molecular weight excluding hydrogens is 307 g/mol. The molecular formula is C11H25O3PS3. The highest BCUT2D eigenvalue weighted by atomic mass is 33.1. The summed E-state index contributed by atoms with van der Waals surface area (Å²) >= 11 is 1.51. The molecule has 18 heavy (non-hydrogen) atoms. The van der Waals surface area contributed by atoms with Gasteiger partial charge >= 0.3 is 0 Å². The summed E-state index contributed by atoms with van der Waals surface area (Å²) in [6, 6.07) is 0. The fraction of sp³-hybridized carbons (Fsp3) is 0.909. The van der Waals surface area contributed by atoms with Crippen molar-refractivity contribution in [2.45, 2.75) is 46.8 Å².